The molecule has 0 aliphatic heterocycles. The van der Waals surface area contributed by atoms with Gasteiger partial charge in [0.2, 0.25) is 5.91 Å². The van der Waals surface area contributed by atoms with Crippen LogP contribution < -0.4 is 16.0 Å². The number of amides is 3. The Morgan fingerprint density at radius 2 is 1.44 bits per heavy atom. The van der Waals surface area contributed by atoms with Crippen molar-refractivity contribution in [3.63, 3.8) is 0 Å². The number of pyridine rings is 1. The van der Waals surface area contributed by atoms with Crippen molar-refractivity contribution < 1.29 is 14.4 Å². The van der Waals surface area contributed by atoms with Crippen LogP contribution in [0.5, 0.6) is 0 Å². The number of thioether (sulfide) groups is 1. The number of benzene rings is 4. The highest BCUT2D eigenvalue weighted by Gasteiger charge is 2.23. The van der Waals surface area contributed by atoms with Gasteiger partial charge >= 0.3 is 0 Å². The van der Waals surface area contributed by atoms with E-state index in [4.69, 9.17) is 23.2 Å². The van der Waals surface area contributed by atoms with Gasteiger partial charge in [0.05, 0.1) is 0 Å². The number of nitrogens with zero attached hydrogens (tertiary/aromatic N) is 1. The maximum atomic E-state index is 13.5. The van der Waals surface area contributed by atoms with Crippen molar-refractivity contribution in [1.29, 1.82) is 0 Å². The first kappa shape index (κ1) is 31.5. The molecule has 1 aromatic heterocycles. The van der Waals surface area contributed by atoms with Gasteiger partial charge in [-0.2, -0.15) is 0 Å². The van der Waals surface area contributed by atoms with Gasteiger partial charge in [-0.1, -0.05) is 83.9 Å². The Balaban J connectivity index is 1.37. The van der Waals surface area contributed by atoms with E-state index in [0.717, 1.165) is 10.5 Å². The van der Waals surface area contributed by atoms with E-state index >= 15 is 0 Å². The SMILES string of the molecule is O=C(Nc1cccc(SC(C(=O)Nc2cc(Cl)cc(Cl)c2)c2ccccc2)c1)/C(=C/c1cccnc1)NC(=O)c1ccccc1. The number of hydrogen-bond donors (Lipinski definition) is 3. The molecule has 0 aliphatic carbocycles. The van der Waals surface area contributed by atoms with Crippen molar-refractivity contribution in [3.8, 4) is 0 Å². The van der Waals surface area contributed by atoms with E-state index in [-0.39, 0.29) is 11.6 Å². The van der Waals surface area contributed by atoms with Gasteiger partial charge < -0.3 is 16.0 Å². The van der Waals surface area contributed by atoms with Crippen LogP contribution in [0, 0.1) is 0 Å². The average Bonchev–Trinajstić information content (AvgIpc) is 3.04. The molecule has 3 N–H and O–H groups in total. The Morgan fingerprint density at radius 1 is 0.733 bits per heavy atom. The number of halogens is 2. The molecule has 4 aromatic carbocycles. The highest BCUT2D eigenvalue weighted by atomic mass is 35.5. The Hall–Kier alpha value is -4.89. The maximum Gasteiger partial charge on any atom is 0.272 e. The Kier molecular flexibility index (Phi) is 10.7. The van der Waals surface area contributed by atoms with Crippen molar-refractivity contribution in [2.75, 3.05) is 10.6 Å². The van der Waals surface area contributed by atoms with Crippen LogP contribution in [0.1, 0.15) is 26.7 Å². The Labute approximate surface area is 274 Å². The molecule has 45 heavy (non-hydrogen) atoms. The summed E-state index contributed by atoms with van der Waals surface area (Å²) in [6, 6.07) is 33.5. The largest absolute Gasteiger partial charge is 0.325 e. The summed E-state index contributed by atoms with van der Waals surface area (Å²) in [7, 11) is 0. The summed E-state index contributed by atoms with van der Waals surface area (Å²) in [6.07, 6.45) is 4.76. The van der Waals surface area contributed by atoms with E-state index < -0.39 is 17.1 Å². The van der Waals surface area contributed by atoms with Gasteiger partial charge in [0.1, 0.15) is 10.9 Å². The third kappa shape index (κ3) is 9.06. The van der Waals surface area contributed by atoms with E-state index in [1.807, 2.05) is 36.4 Å². The first-order valence-corrected chi connectivity index (χ1v) is 15.4. The lowest BCUT2D eigenvalue weighted by Gasteiger charge is -2.18. The second kappa shape index (κ2) is 15.2. The van der Waals surface area contributed by atoms with Crippen molar-refractivity contribution in [2.45, 2.75) is 10.1 Å². The minimum Gasteiger partial charge on any atom is -0.325 e. The molecule has 0 radical (unpaired) electrons. The smallest absolute Gasteiger partial charge is 0.272 e. The van der Waals surface area contributed by atoms with Crippen molar-refractivity contribution in [1.82, 2.24) is 10.3 Å². The molecule has 1 heterocycles. The Morgan fingerprint density at radius 3 is 2.13 bits per heavy atom. The van der Waals surface area contributed by atoms with Crippen molar-refractivity contribution in [3.05, 3.63) is 160 Å². The van der Waals surface area contributed by atoms with E-state index in [2.05, 4.69) is 20.9 Å². The van der Waals surface area contributed by atoms with Crippen LogP contribution in [0.2, 0.25) is 10.0 Å². The average molecular weight is 654 g/mol. The quantitative estimate of drug-likeness (QED) is 0.104. The fourth-order valence-electron chi connectivity index (χ4n) is 4.29. The van der Waals surface area contributed by atoms with Crippen molar-refractivity contribution in [2.24, 2.45) is 0 Å². The molecule has 5 rings (SSSR count). The van der Waals surface area contributed by atoms with Gasteiger partial charge in [0.15, 0.2) is 0 Å². The molecule has 0 bridgehead atoms. The minimum atomic E-state index is -0.638. The molecule has 5 aromatic rings. The highest BCUT2D eigenvalue weighted by Crippen LogP contribution is 2.37. The summed E-state index contributed by atoms with van der Waals surface area (Å²) in [5.74, 6) is -1.23. The van der Waals surface area contributed by atoms with Crippen LogP contribution in [0.15, 0.2) is 138 Å². The van der Waals surface area contributed by atoms with E-state index in [9.17, 15) is 14.4 Å². The fraction of sp³-hybridized carbons (Fsp3) is 0.0286. The number of aromatic nitrogens is 1. The number of rotatable bonds is 10. The molecule has 1 atom stereocenters. The number of carbonyl (C=O) groups excluding carboxylic acids is 3. The number of hydrogen-bond acceptors (Lipinski definition) is 5. The molecular formula is C35H26Cl2N4O3S. The predicted octanol–water partition coefficient (Wildman–Crippen LogP) is 8.27. The van der Waals surface area contributed by atoms with Crippen LogP contribution >= 0.6 is 35.0 Å². The summed E-state index contributed by atoms with van der Waals surface area (Å²) < 4.78 is 0. The zero-order valence-corrected chi connectivity index (χ0v) is 25.9. The summed E-state index contributed by atoms with van der Waals surface area (Å²) in [5.41, 5.74) is 2.82. The van der Waals surface area contributed by atoms with Gasteiger partial charge in [0, 0.05) is 44.3 Å². The van der Waals surface area contributed by atoms with Crippen LogP contribution in [0.4, 0.5) is 11.4 Å². The van der Waals surface area contributed by atoms with Gasteiger partial charge in [-0.3, -0.25) is 19.4 Å². The monoisotopic (exact) mass is 652 g/mol. The zero-order valence-electron chi connectivity index (χ0n) is 23.6. The summed E-state index contributed by atoms with van der Waals surface area (Å²) in [5, 5.41) is 8.67. The highest BCUT2D eigenvalue weighted by molar-refractivity contribution is 8.00. The molecule has 0 saturated heterocycles. The summed E-state index contributed by atoms with van der Waals surface area (Å²) in [6.45, 7) is 0. The van der Waals surface area contributed by atoms with E-state index in [1.165, 1.54) is 11.8 Å². The minimum absolute atomic E-state index is 0.0385. The topological polar surface area (TPSA) is 100 Å². The fourth-order valence-corrected chi connectivity index (χ4v) is 5.90. The molecule has 0 spiro atoms. The zero-order chi connectivity index (χ0) is 31.6. The van der Waals surface area contributed by atoms with Gasteiger partial charge in [-0.15, -0.1) is 11.8 Å². The molecule has 10 heteroatoms. The molecule has 0 aliphatic rings. The Bertz CT molecular complexity index is 1820. The molecule has 1 unspecified atom stereocenters. The van der Waals surface area contributed by atoms with Gasteiger partial charge in [-0.05, 0) is 71.8 Å². The maximum absolute atomic E-state index is 13.5. The standard InChI is InChI=1S/C35H26Cl2N4O3S/c36-26-18-27(37)20-29(19-26)40-35(44)32(24-10-3-1-4-11-24)45-30-15-7-14-28(21-30)39-34(43)31(17-23-9-8-16-38-22-23)41-33(42)25-12-5-2-6-13-25/h1-22,32H,(H,39,43)(H,40,44)(H,41,42)/b31-17-. The number of anilines is 2. The second-order valence-corrected chi connectivity index (χ2v) is 11.8. The molecule has 224 valence electrons. The molecule has 0 saturated carbocycles. The third-order valence-electron chi connectivity index (χ3n) is 6.34. The lowest BCUT2D eigenvalue weighted by Crippen LogP contribution is -2.30. The van der Waals surface area contributed by atoms with Crippen LogP contribution in [0.3, 0.4) is 0 Å². The molecule has 7 nitrogen and oxygen atoms in total. The third-order valence-corrected chi connectivity index (χ3v) is 8.03. The van der Waals surface area contributed by atoms with Gasteiger partial charge in [-0.25, -0.2) is 0 Å². The van der Waals surface area contributed by atoms with E-state index in [1.54, 1.807) is 97.3 Å². The first-order chi connectivity index (χ1) is 21.8. The van der Waals surface area contributed by atoms with Crippen LogP contribution in [0.25, 0.3) is 6.08 Å². The summed E-state index contributed by atoms with van der Waals surface area (Å²) in [4.78, 5) is 44.8. The van der Waals surface area contributed by atoms with Crippen LogP contribution in [-0.2, 0) is 9.59 Å². The number of carbonyl (C=O) groups is 3. The normalized spacial score (nSPS) is 11.7. The first-order valence-electron chi connectivity index (χ1n) is 13.7. The predicted molar refractivity (Wildman–Crippen MR) is 181 cm³/mol. The van der Waals surface area contributed by atoms with Crippen molar-refractivity contribution >= 4 is 70.1 Å². The molecule has 0 fully saturated rings. The van der Waals surface area contributed by atoms with Gasteiger partial charge in [0.25, 0.3) is 11.8 Å². The number of nitrogens with one attached hydrogen (secondary N) is 3. The molecule has 3 amide bonds. The lowest BCUT2D eigenvalue weighted by molar-refractivity contribution is -0.116. The second-order valence-electron chi connectivity index (χ2n) is 9.70. The molecular weight excluding hydrogens is 627 g/mol. The van der Waals surface area contributed by atoms with E-state index in [0.29, 0.717) is 32.5 Å². The summed E-state index contributed by atoms with van der Waals surface area (Å²) >= 11 is 13.6. The lowest BCUT2D eigenvalue weighted by atomic mass is 10.1. The van der Waals surface area contributed by atoms with Crippen LogP contribution in [-0.4, -0.2) is 22.7 Å².